The van der Waals surface area contributed by atoms with Gasteiger partial charge in [0.1, 0.15) is 5.69 Å². The number of carbonyl (C=O) groups is 1. The molecule has 5 heteroatoms. The summed E-state index contributed by atoms with van der Waals surface area (Å²) >= 11 is 2.14. The van der Waals surface area contributed by atoms with Crippen molar-refractivity contribution >= 4 is 28.5 Å². The molecule has 1 aromatic heterocycles. The Kier molecular flexibility index (Phi) is 3.28. The minimum Gasteiger partial charge on any atom is -0.348 e. The molecule has 1 aromatic rings. The van der Waals surface area contributed by atoms with Crippen LogP contribution in [-0.4, -0.2) is 21.7 Å². The van der Waals surface area contributed by atoms with Gasteiger partial charge >= 0.3 is 0 Å². The highest BCUT2D eigenvalue weighted by molar-refractivity contribution is 14.1. The van der Waals surface area contributed by atoms with Crippen LogP contribution >= 0.6 is 22.6 Å². The summed E-state index contributed by atoms with van der Waals surface area (Å²) in [6.07, 6.45) is 6.39. The normalized spacial score (nSPS) is 16.9. The van der Waals surface area contributed by atoms with Crippen molar-refractivity contribution < 1.29 is 4.79 Å². The standard InChI is InChI=1S/C10H14IN3O/c1-14-9(8(11)6-12-14)10(15)13-7-4-2-3-5-7/h6-7H,2-5H2,1H3,(H,13,15). The van der Waals surface area contributed by atoms with Gasteiger partial charge in [-0.15, -0.1) is 0 Å². The van der Waals surface area contributed by atoms with Crippen molar-refractivity contribution in [1.29, 1.82) is 0 Å². The molecule has 4 nitrogen and oxygen atoms in total. The molecule has 0 atom stereocenters. The third-order valence-electron chi connectivity index (χ3n) is 2.80. The Balaban J connectivity index is 2.07. The average Bonchev–Trinajstić information content (AvgIpc) is 2.77. The minimum absolute atomic E-state index is 0.00583. The van der Waals surface area contributed by atoms with Crippen molar-refractivity contribution in [2.75, 3.05) is 0 Å². The number of hydrogen-bond donors (Lipinski definition) is 1. The van der Waals surface area contributed by atoms with Crippen LogP contribution in [0.5, 0.6) is 0 Å². The lowest BCUT2D eigenvalue weighted by Crippen LogP contribution is -2.34. The van der Waals surface area contributed by atoms with E-state index in [2.05, 4.69) is 33.0 Å². The first kappa shape index (κ1) is 10.9. The average molecular weight is 319 g/mol. The van der Waals surface area contributed by atoms with E-state index in [1.165, 1.54) is 12.8 Å². The second-order valence-electron chi connectivity index (χ2n) is 3.92. The molecule has 0 aliphatic heterocycles. The molecular weight excluding hydrogens is 305 g/mol. The van der Waals surface area contributed by atoms with E-state index in [1.54, 1.807) is 17.9 Å². The topological polar surface area (TPSA) is 46.9 Å². The number of carbonyl (C=O) groups excluding carboxylic acids is 1. The van der Waals surface area contributed by atoms with E-state index in [1.807, 2.05) is 0 Å². The maximum atomic E-state index is 11.9. The van der Waals surface area contributed by atoms with Gasteiger partial charge in [-0.05, 0) is 35.4 Å². The van der Waals surface area contributed by atoms with E-state index in [4.69, 9.17) is 0 Å². The maximum absolute atomic E-state index is 11.9. The fourth-order valence-electron chi connectivity index (χ4n) is 1.99. The summed E-state index contributed by atoms with van der Waals surface area (Å²) < 4.78 is 2.54. The number of hydrogen-bond acceptors (Lipinski definition) is 2. The minimum atomic E-state index is 0.00583. The molecule has 1 heterocycles. The van der Waals surface area contributed by atoms with Crippen LogP contribution in [0.25, 0.3) is 0 Å². The molecule has 1 saturated carbocycles. The number of aryl methyl sites for hydroxylation is 1. The quantitative estimate of drug-likeness (QED) is 0.844. The predicted molar refractivity (Wildman–Crippen MR) is 65.6 cm³/mol. The highest BCUT2D eigenvalue weighted by atomic mass is 127. The molecule has 0 aromatic carbocycles. The predicted octanol–water partition coefficient (Wildman–Crippen LogP) is 1.70. The molecule has 0 radical (unpaired) electrons. The van der Waals surface area contributed by atoms with Gasteiger partial charge in [0.15, 0.2) is 0 Å². The zero-order valence-electron chi connectivity index (χ0n) is 8.66. The van der Waals surface area contributed by atoms with E-state index in [0.717, 1.165) is 16.4 Å². The molecule has 0 spiro atoms. The lowest BCUT2D eigenvalue weighted by atomic mass is 10.2. The van der Waals surface area contributed by atoms with Crippen LogP contribution in [0, 0.1) is 3.57 Å². The Labute approximate surface area is 103 Å². The second kappa shape index (κ2) is 4.51. The molecule has 1 amide bonds. The summed E-state index contributed by atoms with van der Waals surface area (Å²) in [6.45, 7) is 0. The fourth-order valence-corrected chi connectivity index (χ4v) is 2.71. The molecule has 1 fully saturated rings. The van der Waals surface area contributed by atoms with Gasteiger partial charge < -0.3 is 5.32 Å². The van der Waals surface area contributed by atoms with Gasteiger partial charge in [-0.3, -0.25) is 9.48 Å². The van der Waals surface area contributed by atoms with Crippen LogP contribution in [0.15, 0.2) is 6.20 Å². The summed E-state index contributed by atoms with van der Waals surface area (Å²) in [7, 11) is 1.80. The van der Waals surface area contributed by atoms with Gasteiger partial charge in [0.05, 0.1) is 9.77 Å². The number of halogens is 1. The first-order valence-corrected chi connectivity index (χ1v) is 6.24. The maximum Gasteiger partial charge on any atom is 0.270 e. The SMILES string of the molecule is Cn1ncc(I)c1C(=O)NC1CCCC1. The van der Waals surface area contributed by atoms with Crippen LogP contribution in [0.1, 0.15) is 36.2 Å². The second-order valence-corrected chi connectivity index (χ2v) is 5.08. The van der Waals surface area contributed by atoms with Crippen LogP contribution in [0.3, 0.4) is 0 Å². The molecular formula is C10H14IN3O. The number of rotatable bonds is 2. The van der Waals surface area contributed by atoms with Gasteiger partial charge in [0.25, 0.3) is 5.91 Å². The monoisotopic (exact) mass is 319 g/mol. The van der Waals surface area contributed by atoms with Gasteiger partial charge in [-0.1, -0.05) is 12.8 Å². The van der Waals surface area contributed by atoms with E-state index in [-0.39, 0.29) is 5.91 Å². The van der Waals surface area contributed by atoms with Crippen molar-refractivity contribution in [3.05, 3.63) is 15.5 Å². The van der Waals surface area contributed by atoms with Crippen molar-refractivity contribution in [3.63, 3.8) is 0 Å². The van der Waals surface area contributed by atoms with E-state index >= 15 is 0 Å². The van der Waals surface area contributed by atoms with Crippen molar-refractivity contribution in [2.45, 2.75) is 31.7 Å². The largest absolute Gasteiger partial charge is 0.348 e. The van der Waals surface area contributed by atoms with Gasteiger partial charge in [-0.2, -0.15) is 5.10 Å². The lowest BCUT2D eigenvalue weighted by molar-refractivity contribution is 0.0927. The Morgan fingerprint density at radius 3 is 2.80 bits per heavy atom. The fraction of sp³-hybridized carbons (Fsp3) is 0.600. The summed E-state index contributed by atoms with van der Waals surface area (Å²) in [6, 6.07) is 0.364. The Bertz CT molecular complexity index is 349. The van der Waals surface area contributed by atoms with Crippen LogP contribution in [-0.2, 0) is 7.05 Å². The lowest BCUT2D eigenvalue weighted by Gasteiger charge is -2.11. The van der Waals surface area contributed by atoms with Gasteiger partial charge in [0.2, 0.25) is 0 Å². The molecule has 0 unspecified atom stereocenters. The highest BCUT2D eigenvalue weighted by Gasteiger charge is 2.21. The first-order chi connectivity index (χ1) is 7.18. The van der Waals surface area contributed by atoms with Crippen LogP contribution in [0.4, 0.5) is 0 Å². The third-order valence-corrected chi connectivity index (χ3v) is 3.59. The Morgan fingerprint density at radius 2 is 2.27 bits per heavy atom. The first-order valence-electron chi connectivity index (χ1n) is 5.17. The summed E-state index contributed by atoms with van der Waals surface area (Å²) in [5.74, 6) is 0.00583. The van der Waals surface area contributed by atoms with Gasteiger partial charge in [0, 0.05) is 13.1 Å². The Hall–Kier alpha value is -0.590. The number of amides is 1. The number of aromatic nitrogens is 2. The summed E-state index contributed by atoms with van der Waals surface area (Å²) in [5, 5.41) is 7.12. The van der Waals surface area contributed by atoms with Gasteiger partial charge in [-0.25, -0.2) is 0 Å². The molecule has 0 bridgehead atoms. The molecule has 1 aliphatic carbocycles. The van der Waals surface area contributed by atoms with Crippen molar-refractivity contribution in [1.82, 2.24) is 15.1 Å². The molecule has 1 aliphatic rings. The van der Waals surface area contributed by atoms with Crippen LogP contribution < -0.4 is 5.32 Å². The highest BCUT2D eigenvalue weighted by Crippen LogP contribution is 2.18. The van der Waals surface area contributed by atoms with Crippen molar-refractivity contribution in [2.24, 2.45) is 7.05 Å². The zero-order valence-corrected chi connectivity index (χ0v) is 10.8. The molecule has 15 heavy (non-hydrogen) atoms. The number of nitrogens with one attached hydrogen (secondary N) is 1. The molecule has 82 valence electrons. The molecule has 0 saturated heterocycles. The summed E-state index contributed by atoms with van der Waals surface area (Å²) in [5.41, 5.74) is 0.669. The zero-order chi connectivity index (χ0) is 10.8. The Morgan fingerprint density at radius 1 is 1.60 bits per heavy atom. The summed E-state index contributed by atoms with van der Waals surface area (Å²) in [4.78, 5) is 11.9. The van der Waals surface area contributed by atoms with E-state index < -0.39 is 0 Å². The van der Waals surface area contributed by atoms with Crippen LogP contribution in [0.2, 0.25) is 0 Å². The van der Waals surface area contributed by atoms with Crippen molar-refractivity contribution in [3.8, 4) is 0 Å². The van der Waals surface area contributed by atoms with E-state index in [9.17, 15) is 4.79 Å². The third kappa shape index (κ3) is 2.32. The molecule has 1 N–H and O–H groups in total. The number of nitrogens with zero attached hydrogens (tertiary/aromatic N) is 2. The van der Waals surface area contributed by atoms with E-state index in [0.29, 0.717) is 11.7 Å². The smallest absolute Gasteiger partial charge is 0.270 e. The molecule has 2 rings (SSSR count).